The van der Waals surface area contributed by atoms with E-state index in [9.17, 15) is 0 Å². The summed E-state index contributed by atoms with van der Waals surface area (Å²) in [5, 5.41) is 0. The summed E-state index contributed by atoms with van der Waals surface area (Å²) in [5.41, 5.74) is 3.28. The Morgan fingerprint density at radius 3 is 1.80 bits per heavy atom. The Labute approximate surface area is 77.3 Å². The van der Waals surface area contributed by atoms with E-state index < -0.39 is 0 Å². The van der Waals surface area contributed by atoms with Crippen molar-refractivity contribution in [1.29, 1.82) is 0 Å². The summed E-state index contributed by atoms with van der Waals surface area (Å²) >= 11 is 0. The van der Waals surface area contributed by atoms with Gasteiger partial charge >= 0.3 is 0 Å². The second kappa shape index (κ2) is 6.74. The van der Waals surface area contributed by atoms with Crippen LogP contribution in [-0.4, -0.2) is 52.7 Å². The molecule has 0 saturated heterocycles. The molecule has 10 heavy (non-hydrogen) atoms. The minimum atomic E-state index is -0.320. The standard InChI is InChI=1S/C4H21NSi5/c1-10(2)5(8-3-6)9-4-7/h10H,3-4,8-9H2,1-2,6-7H3. The molecule has 6 heteroatoms. The van der Waals surface area contributed by atoms with Crippen molar-refractivity contribution < 1.29 is 0 Å². The molecule has 0 unspecified atom stereocenters. The van der Waals surface area contributed by atoms with Crippen molar-refractivity contribution in [1.82, 2.24) is 3.90 Å². The van der Waals surface area contributed by atoms with Crippen LogP contribution in [0.15, 0.2) is 0 Å². The summed E-state index contributed by atoms with van der Waals surface area (Å²) in [6.07, 6.45) is 0. The molecule has 0 bridgehead atoms. The smallest absolute Gasteiger partial charge is 0.0909 e. The summed E-state index contributed by atoms with van der Waals surface area (Å²) < 4.78 is 3.01. The summed E-state index contributed by atoms with van der Waals surface area (Å²) in [5.74, 6) is 0. The van der Waals surface area contributed by atoms with E-state index in [4.69, 9.17) is 0 Å². The van der Waals surface area contributed by atoms with Crippen LogP contribution in [0, 0.1) is 0 Å². The molecule has 0 aliphatic carbocycles. The Morgan fingerprint density at radius 2 is 1.60 bits per heavy atom. The predicted molar refractivity (Wildman–Crippen MR) is 67.3 cm³/mol. The van der Waals surface area contributed by atoms with Crippen molar-refractivity contribution in [2.45, 2.75) is 24.4 Å². The van der Waals surface area contributed by atoms with E-state index in [2.05, 4.69) is 17.0 Å². The quantitative estimate of drug-likeness (QED) is 0.447. The van der Waals surface area contributed by atoms with Gasteiger partial charge in [-0.2, -0.15) is 0 Å². The lowest BCUT2D eigenvalue weighted by atomic mass is 11.9. The number of hydrogen-bond donors (Lipinski definition) is 0. The van der Waals surface area contributed by atoms with Crippen molar-refractivity contribution in [2.24, 2.45) is 0 Å². The van der Waals surface area contributed by atoms with Crippen LogP contribution in [0.25, 0.3) is 0 Å². The normalized spacial score (nSPS) is 14.4. The lowest BCUT2D eigenvalue weighted by Crippen LogP contribution is -2.40. The zero-order valence-corrected chi connectivity index (χ0v) is 15.8. The molecule has 0 spiro atoms. The molecule has 1 nitrogen and oxygen atoms in total. The van der Waals surface area contributed by atoms with Crippen LogP contribution in [-0.2, 0) is 0 Å². The summed E-state index contributed by atoms with van der Waals surface area (Å²) in [7, 11) is 3.25. The van der Waals surface area contributed by atoms with E-state index in [1.54, 1.807) is 11.3 Å². The number of nitrogens with zero attached hydrogens (tertiary/aromatic N) is 1. The topological polar surface area (TPSA) is 3.24 Å². The van der Waals surface area contributed by atoms with Gasteiger partial charge in [0.25, 0.3) is 0 Å². The van der Waals surface area contributed by atoms with E-state index in [0.717, 1.165) is 0 Å². The maximum absolute atomic E-state index is 3.01. The highest BCUT2D eigenvalue weighted by atomic mass is 28.4. The second-order valence-corrected chi connectivity index (χ2v) is 18.9. The number of hydrogen-bond acceptors (Lipinski definition) is 1. The van der Waals surface area contributed by atoms with Gasteiger partial charge in [-0.3, -0.25) is 0 Å². The summed E-state index contributed by atoms with van der Waals surface area (Å²) in [6, 6.07) is 0. The molecule has 0 aromatic rings. The van der Waals surface area contributed by atoms with Crippen LogP contribution in [0.3, 0.4) is 0 Å². The van der Waals surface area contributed by atoms with Gasteiger partial charge in [-0.05, 0) is 0 Å². The zero-order chi connectivity index (χ0) is 7.98. The SMILES string of the molecule is C[SiH](C)N([SiH2]C[SiH3])[SiH2]C[SiH3]. The molecule has 0 atom stereocenters. The Morgan fingerprint density at radius 1 is 1.20 bits per heavy atom. The van der Waals surface area contributed by atoms with Gasteiger partial charge in [0.1, 0.15) is 0 Å². The molecule has 0 fully saturated rings. The van der Waals surface area contributed by atoms with Gasteiger partial charge < -0.3 is 3.90 Å². The average molecular weight is 224 g/mol. The van der Waals surface area contributed by atoms with E-state index in [0.29, 0.717) is 19.4 Å². The Hall–Kier alpha value is 1.04. The molecule has 0 aromatic heterocycles. The second-order valence-electron chi connectivity index (χ2n) is 3.13. The lowest BCUT2D eigenvalue weighted by Gasteiger charge is -2.24. The van der Waals surface area contributed by atoms with Gasteiger partial charge in [0, 0.05) is 20.5 Å². The van der Waals surface area contributed by atoms with Crippen LogP contribution in [0.1, 0.15) is 0 Å². The molecule has 62 valence electrons. The van der Waals surface area contributed by atoms with Gasteiger partial charge in [0.05, 0.1) is 28.3 Å². The Bertz CT molecular complexity index is 72.0. The van der Waals surface area contributed by atoms with Gasteiger partial charge in [-0.1, -0.05) is 24.4 Å². The molecule has 0 amide bonds. The minimum absolute atomic E-state index is 0.318. The number of rotatable bonds is 5. The predicted octanol–water partition coefficient (Wildman–Crippen LogP) is -3.08. The fourth-order valence-corrected chi connectivity index (χ4v) is 21.2. The minimum Gasteiger partial charge on any atom is -0.381 e. The van der Waals surface area contributed by atoms with Gasteiger partial charge in [-0.15, -0.1) is 0 Å². The first-order chi connectivity index (χ1) is 4.72. The third kappa shape index (κ3) is 4.80. The van der Waals surface area contributed by atoms with Gasteiger partial charge in [0.15, 0.2) is 0 Å². The lowest BCUT2D eigenvalue weighted by molar-refractivity contribution is 1.05. The maximum atomic E-state index is 3.01. The summed E-state index contributed by atoms with van der Waals surface area (Å²) in [4.78, 5) is 0. The monoisotopic (exact) mass is 223 g/mol. The molecule has 0 heterocycles. The molecule has 0 aliphatic rings. The largest absolute Gasteiger partial charge is 0.381 e. The van der Waals surface area contributed by atoms with E-state index in [-0.39, 0.29) is 8.96 Å². The first kappa shape index (κ1) is 11.0. The first-order valence-corrected chi connectivity index (χ1v) is 13.4. The molecule has 0 saturated carbocycles. The van der Waals surface area contributed by atoms with Crippen LogP contribution >= 0.6 is 0 Å². The van der Waals surface area contributed by atoms with Gasteiger partial charge in [0.2, 0.25) is 0 Å². The van der Waals surface area contributed by atoms with Crippen molar-refractivity contribution in [3.63, 3.8) is 0 Å². The van der Waals surface area contributed by atoms with Crippen molar-refractivity contribution >= 4 is 48.8 Å². The van der Waals surface area contributed by atoms with Crippen LogP contribution in [0.4, 0.5) is 0 Å². The zero-order valence-electron chi connectivity index (χ0n) is 7.85. The van der Waals surface area contributed by atoms with E-state index >= 15 is 0 Å². The fourth-order valence-electron chi connectivity index (χ4n) is 1.20. The van der Waals surface area contributed by atoms with Crippen molar-refractivity contribution in [3.05, 3.63) is 0 Å². The van der Waals surface area contributed by atoms with Crippen molar-refractivity contribution in [2.75, 3.05) is 0 Å². The van der Waals surface area contributed by atoms with Crippen LogP contribution < -0.4 is 0 Å². The van der Waals surface area contributed by atoms with Crippen LogP contribution in [0.2, 0.25) is 24.4 Å². The molecule has 0 aromatic carbocycles. The van der Waals surface area contributed by atoms with Crippen molar-refractivity contribution in [3.8, 4) is 0 Å². The van der Waals surface area contributed by atoms with Gasteiger partial charge in [-0.25, -0.2) is 0 Å². The van der Waals surface area contributed by atoms with E-state index in [1.165, 1.54) is 20.5 Å². The Kier molecular flexibility index (Phi) is 7.44. The highest BCUT2D eigenvalue weighted by Gasteiger charge is 2.06. The van der Waals surface area contributed by atoms with E-state index in [1.807, 2.05) is 0 Å². The molecule has 0 radical (unpaired) electrons. The molecular weight excluding hydrogens is 202 g/mol. The molecule has 0 aliphatic heterocycles. The fraction of sp³-hybridized carbons (Fsp3) is 1.00. The molecular formula is C4H21NSi5. The molecule has 0 N–H and O–H groups in total. The average Bonchev–Trinajstić information content (AvgIpc) is 1.87. The molecule has 0 rings (SSSR count). The van der Waals surface area contributed by atoms with Crippen LogP contribution in [0.5, 0.6) is 0 Å². The first-order valence-electron chi connectivity index (χ1n) is 4.46. The Balaban J connectivity index is 3.50. The third-order valence-electron chi connectivity index (χ3n) is 1.75. The highest BCUT2D eigenvalue weighted by Crippen LogP contribution is 1.92. The highest BCUT2D eigenvalue weighted by molar-refractivity contribution is 6.76. The maximum Gasteiger partial charge on any atom is 0.0909 e. The summed E-state index contributed by atoms with van der Waals surface area (Å²) in [6.45, 7) is 5.02. The third-order valence-corrected chi connectivity index (χ3v) is 15.8.